The van der Waals surface area contributed by atoms with E-state index in [-0.39, 0.29) is 4.90 Å². The summed E-state index contributed by atoms with van der Waals surface area (Å²) in [5, 5.41) is 10.6. The first-order valence-electron chi connectivity index (χ1n) is 4.36. The molecule has 1 N–H and O–H groups in total. The van der Waals surface area contributed by atoms with Crippen LogP contribution < -0.4 is 0 Å². The highest BCUT2D eigenvalue weighted by Gasteiger charge is 2.28. The Morgan fingerprint density at radius 1 is 1.40 bits per heavy atom. The number of fused-ring (bicyclic) bond motifs is 1. The molecule has 0 radical (unpaired) electrons. The molecule has 0 fully saturated rings. The minimum Gasteiger partial charge on any atom is -0.389 e. The van der Waals surface area contributed by atoms with Crippen LogP contribution in [0.5, 0.6) is 0 Å². The van der Waals surface area contributed by atoms with Crippen molar-refractivity contribution in [3.63, 3.8) is 0 Å². The standard InChI is InChI=1S/C10H9BrO3S/c1-6(12)9-5-15(13,14)10-4-7(11)2-3-8(9)10/h2-6,12H,1H3. The zero-order valence-electron chi connectivity index (χ0n) is 7.94. The maximum atomic E-state index is 11.7. The van der Waals surface area contributed by atoms with Gasteiger partial charge in [0.05, 0.1) is 11.0 Å². The van der Waals surface area contributed by atoms with Crippen molar-refractivity contribution in [1.82, 2.24) is 0 Å². The predicted molar refractivity (Wildman–Crippen MR) is 61.0 cm³/mol. The smallest absolute Gasteiger partial charge is 0.200 e. The van der Waals surface area contributed by atoms with Crippen molar-refractivity contribution >= 4 is 31.3 Å². The number of hydrogen-bond donors (Lipinski definition) is 1. The van der Waals surface area contributed by atoms with Crippen LogP contribution in [0.2, 0.25) is 0 Å². The van der Waals surface area contributed by atoms with E-state index in [1.807, 2.05) is 0 Å². The average molecular weight is 289 g/mol. The van der Waals surface area contributed by atoms with Gasteiger partial charge >= 0.3 is 0 Å². The molecule has 0 aliphatic carbocycles. The van der Waals surface area contributed by atoms with E-state index in [1.54, 1.807) is 25.1 Å². The van der Waals surface area contributed by atoms with Gasteiger partial charge < -0.3 is 5.11 Å². The number of halogens is 1. The molecule has 5 heteroatoms. The summed E-state index contributed by atoms with van der Waals surface area (Å²) in [5.74, 6) is 0. The molecule has 15 heavy (non-hydrogen) atoms. The molecule has 1 aromatic rings. The summed E-state index contributed by atoms with van der Waals surface area (Å²) in [6.07, 6.45) is -0.776. The second kappa shape index (κ2) is 3.43. The molecule has 0 saturated heterocycles. The van der Waals surface area contributed by atoms with Crippen molar-refractivity contribution in [3.05, 3.63) is 33.6 Å². The lowest BCUT2D eigenvalue weighted by Gasteiger charge is -2.06. The van der Waals surface area contributed by atoms with E-state index in [4.69, 9.17) is 0 Å². The lowest BCUT2D eigenvalue weighted by atomic mass is 10.0. The highest BCUT2D eigenvalue weighted by Crippen LogP contribution is 2.36. The minimum absolute atomic E-state index is 0.257. The van der Waals surface area contributed by atoms with Gasteiger partial charge in [-0.1, -0.05) is 22.0 Å². The number of sulfone groups is 1. The van der Waals surface area contributed by atoms with E-state index in [2.05, 4.69) is 15.9 Å². The van der Waals surface area contributed by atoms with Gasteiger partial charge in [0.25, 0.3) is 0 Å². The lowest BCUT2D eigenvalue weighted by Crippen LogP contribution is -2.01. The molecule has 0 spiro atoms. The third-order valence-electron chi connectivity index (χ3n) is 2.29. The normalized spacial score (nSPS) is 19.5. The molecule has 0 bridgehead atoms. The van der Waals surface area contributed by atoms with Crippen LogP contribution in [0.3, 0.4) is 0 Å². The van der Waals surface area contributed by atoms with Crippen LogP contribution >= 0.6 is 15.9 Å². The fourth-order valence-electron chi connectivity index (χ4n) is 1.59. The van der Waals surface area contributed by atoms with Crippen LogP contribution in [-0.4, -0.2) is 19.6 Å². The monoisotopic (exact) mass is 288 g/mol. The van der Waals surface area contributed by atoms with Gasteiger partial charge in [0.1, 0.15) is 0 Å². The Morgan fingerprint density at radius 3 is 2.67 bits per heavy atom. The summed E-state index contributed by atoms with van der Waals surface area (Å²) in [5.41, 5.74) is 1.05. The van der Waals surface area contributed by atoms with Crippen molar-refractivity contribution in [3.8, 4) is 0 Å². The maximum absolute atomic E-state index is 11.7. The van der Waals surface area contributed by atoms with Crippen LogP contribution in [0.1, 0.15) is 12.5 Å². The number of aliphatic hydroxyl groups is 1. The Balaban J connectivity index is 2.73. The first-order valence-corrected chi connectivity index (χ1v) is 6.70. The Morgan fingerprint density at radius 2 is 2.07 bits per heavy atom. The molecule has 3 nitrogen and oxygen atoms in total. The zero-order chi connectivity index (χ0) is 11.2. The largest absolute Gasteiger partial charge is 0.389 e. The molecule has 1 atom stereocenters. The lowest BCUT2D eigenvalue weighted by molar-refractivity contribution is 0.253. The van der Waals surface area contributed by atoms with Crippen molar-refractivity contribution in [2.75, 3.05) is 0 Å². The second-order valence-corrected chi connectivity index (χ2v) is 6.12. The van der Waals surface area contributed by atoms with Crippen LogP contribution in [-0.2, 0) is 9.84 Å². The summed E-state index contributed by atoms with van der Waals surface area (Å²) in [4.78, 5) is 0.257. The SMILES string of the molecule is CC(O)C1=CS(=O)(=O)c2cc(Br)ccc21. The van der Waals surface area contributed by atoms with Gasteiger partial charge in [0.15, 0.2) is 0 Å². The predicted octanol–water partition coefficient (Wildman–Crippen LogP) is 1.96. The molecule has 0 aromatic heterocycles. The highest BCUT2D eigenvalue weighted by atomic mass is 79.9. The van der Waals surface area contributed by atoms with E-state index in [0.29, 0.717) is 15.6 Å². The van der Waals surface area contributed by atoms with E-state index >= 15 is 0 Å². The Hall–Kier alpha value is -0.650. The molecule has 1 heterocycles. The molecule has 80 valence electrons. The van der Waals surface area contributed by atoms with E-state index in [1.165, 1.54) is 0 Å². The van der Waals surface area contributed by atoms with E-state index < -0.39 is 15.9 Å². The van der Waals surface area contributed by atoms with E-state index in [0.717, 1.165) is 5.41 Å². The molecule has 1 aliphatic heterocycles. The highest BCUT2D eigenvalue weighted by molar-refractivity contribution is 9.10. The molecule has 1 unspecified atom stereocenters. The number of hydrogen-bond acceptors (Lipinski definition) is 3. The molecule has 1 aromatic carbocycles. The Bertz CT molecular complexity index is 544. The third-order valence-corrected chi connectivity index (χ3v) is 4.30. The van der Waals surface area contributed by atoms with Crippen molar-refractivity contribution in [2.24, 2.45) is 0 Å². The summed E-state index contributed by atoms with van der Waals surface area (Å²) >= 11 is 3.22. The summed E-state index contributed by atoms with van der Waals surface area (Å²) < 4.78 is 24.1. The van der Waals surface area contributed by atoms with Gasteiger partial charge in [-0.15, -0.1) is 0 Å². The van der Waals surface area contributed by atoms with Crippen molar-refractivity contribution in [1.29, 1.82) is 0 Å². The third kappa shape index (κ3) is 1.75. The van der Waals surface area contributed by atoms with Crippen LogP contribution in [0.15, 0.2) is 33.0 Å². The Kier molecular flexibility index (Phi) is 2.48. The van der Waals surface area contributed by atoms with E-state index in [9.17, 15) is 13.5 Å². The van der Waals surface area contributed by atoms with Gasteiger partial charge in [-0.2, -0.15) is 0 Å². The van der Waals surface area contributed by atoms with Gasteiger partial charge in [0.2, 0.25) is 9.84 Å². The average Bonchev–Trinajstić information content (AvgIpc) is 2.39. The first kappa shape index (κ1) is 10.9. The topological polar surface area (TPSA) is 54.4 Å². The Labute approximate surface area is 96.5 Å². The van der Waals surface area contributed by atoms with Crippen LogP contribution in [0.4, 0.5) is 0 Å². The molecular weight excluding hydrogens is 280 g/mol. The first-order chi connectivity index (χ1) is 6.92. The fraction of sp³-hybridized carbons (Fsp3) is 0.200. The molecule has 2 rings (SSSR count). The van der Waals surface area contributed by atoms with Gasteiger partial charge in [-0.25, -0.2) is 8.42 Å². The minimum atomic E-state index is -3.37. The van der Waals surface area contributed by atoms with Gasteiger partial charge in [-0.3, -0.25) is 0 Å². The van der Waals surface area contributed by atoms with Gasteiger partial charge in [-0.05, 0) is 24.6 Å². The molecule has 1 aliphatic rings. The van der Waals surface area contributed by atoms with Crippen molar-refractivity contribution < 1.29 is 13.5 Å². The second-order valence-electron chi connectivity index (χ2n) is 3.43. The maximum Gasteiger partial charge on any atom is 0.200 e. The molecule has 0 saturated carbocycles. The molecule has 0 amide bonds. The molecular formula is C10H9BrO3S. The number of benzene rings is 1. The summed E-state index contributed by atoms with van der Waals surface area (Å²) in [7, 11) is -3.37. The van der Waals surface area contributed by atoms with Crippen LogP contribution in [0, 0.1) is 0 Å². The quantitative estimate of drug-likeness (QED) is 0.859. The zero-order valence-corrected chi connectivity index (χ0v) is 10.3. The van der Waals surface area contributed by atoms with Crippen molar-refractivity contribution in [2.45, 2.75) is 17.9 Å². The summed E-state index contributed by atoms with van der Waals surface area (Å²) in [6, 6.07) is 5.01. The fourth-order valence-corrected chi connectivity index (χ4v) is 3.67. The number of rotatable bonds is 1. The van der Waals surface area contributed by atoms with Crippen LogP contribution in [0.25, 0.3) is 5.57 Å². The summed E-state index contributed by atoms with van der Waals surface area (Å²) in [6.45, 7) is 1.55. The number of aliphatic hydroxyl groups excluding tert-OH is 1. The van der Waals surface area contributed by atoms with Gasteiger partial charge in [0, 0.05) is 15.5 Å².